The zero-order valence-electron chi connectivity index (χ0n) is 12.4. The highest BCUT2D eigenvalue weighted by atomic mass is 32.1. The summed E-state index contributed by atoms with van der Waals surface area (Å²) in [6.45, 7) is 2.21. The molecule has 2 aromatic rings. The maximum Gasteiger partial charge on any atom is 0.416 e. The van der Waals surface area contributed by atoms with E-state index in [1.807, 2.05) is 12.3 Å². The van der Waals surface area contributed by atoms with Crippen LogP contribution in [0.3, 0.4) is 0 Å². The first-order valence-corrected chi connectivity index (χ1v) is 7.85. The van der Waals surface area contributed by atoms with Crippen LogP contribution in [0.1, 0.15) is 23.5 Å². The Bertz CT molecular complexity index is 588. The summed E-state index contributed by atoms with van der Waals surface area (Å²) in [5.41, 5.74) is -0.732. The number of nitrogens with one attached hydrogen (secondary N) is 1. The van der Waals surface area contributed by atoms with Crippen LogP contribution in [0.15, 0.2) is 35.8 Å². The van der Waals surface area contributed by atoms with Crippen molar-refractivity contribution in [3.05, 3.63) is 46.4 Å². The van der Waals surface area contributed by atoms with Gasteiger partial charge in [-0.1, -0.05) is 0 Å². The first-order valence-electron chi connectivity index (χ1n) is 6.97. The number of aliphatic hydroxyl groups excluding tert-OH is 1. The Hall–Kier alpha value is -1.64. The van der Waals surface area contributed by atoms with Crippen LogP contribution in [0.5, 0.6) is 5.75 Å². The number of halogens is 3. The largest absolute Gasteiger partial charge is 0.491 e. The van der Waals surface area contributed by atoms with Crippen LogP contribution in [0, 0.1) is 0 Å². The summed E-state index contributed by atoms with van der Waals surface area (Å²) in [4.78, 5) is 4.17. The number of rotatable bonds is 7. The van der Waals surface area contributed by atoms with E-state index in [-0.39, 0.29) is 18.4 Å². The van der Waals surface area contributed by atoms with Gasteiger partial charge in [-0.2, -0.15) is 13.2 Å². The van der Waals surface area contributed by atoms with Gasteiger partial charge >= 0.3 is 6.18 Å². The van der Waals surface area contributed by atoms with E-state index in [0.29, 0.717) is 6.54 Å². The van der Waals surface area contributed by atoms with Crippen LogP contribution in [0.4, 0.5) is 13.2 Å². The zero-order chi connectivity index (χ0) is 16.9. The Morgan fingerprint density at radius 1 is 1.30 bits per heavy atom. The van der Waals surface area contributed by atoms with Gasteiger partial charge in [-0.25, -0.2) is 4.98 Å². The summed E-state index contributed by atoms with van der Waals surface area (Å²) < 4.78 is 42.6. The molecule has 2 N–H and O–H groups in total. The lowest BCUT2D eigenvalue weighted by atomic mass is 10.2. The van der Waals surface area contributed by atoms with E-state index in [0.717, 1.165) is 17.1 Å². The Morgan fingerprint density at radius 2 is 2.00 bits per heavy atom. The number of hydrogen-bond donors (Lipinski definition) is 2. The highest BCUT2D eigenvalue weighted by Gasteiger charge is 2.30. The minimum Gasteiger partial charge on any atom is -0.491 e. The molecule has 2 unspecified atom stereocenters. The number of aromatic nitrogens is 1. The molecular weight excluding hydrogens is 329 g/mol. The molecule has 1 aromatic heterocycles. The van der Waals surface area contributed by atoms with Crippen molar-refractivity contribution >= 4 is 11.3 Å². The minimum atomic E-state index is -4.37. The van der Waals surface area contributed by atoms with Crippen LogP contribution in [0.2, 0.25) is 0 Å². The monoisotopic (exact) mass is 346 g/mol. The van der Waals surface area contributed by atoms with Crippen LogP contribution in [-0.4, -0.2) is 29.3 Å². The molecule has 0 saturated carbocycles. The fraction of sp³-hybridized carbons (Fsp3) is 0.400. The summed E-state index contributed by atoms with van der Waals surface area (Å²) in [5.74, 6) is 0.282. The number of nitrogens with zero attached hydrogens (tertiary/aromatic N) is 1. The van der Waals surface area contributed by atoms with Crippen molar-refractivity contribution in [2.75, 3.05) is 13.2 Å². The van der Waals surface area contributed by atoms with Crippen molar-refractivity contribution in [1.82, 2.24) is 10.3 Å². The second-order valence-corrected chi connectivity index (χ2v) is 5.91. The third kappa shape index (κ3) is 5.49. The Kier molecular flexibility index (Phi) is 5.97. The van der Waals surface area contributed by atoms with Gasteiger partial charge in [-0.05, 0) is 31.2 Å². The van der Waals surface area contributed by atoms with Gasteiger partial charge in [-0.3, -0.25) is 0 Å². The number of alkyl halides is 3. The molecule has 2 rings (SSSR count). The maximum atomic E-state index is 12.4. The second-order valence-electron chi connectivity index (χ2n) is 4.99. The number of aliphatic hydroxyl groups is 1. The molecule has 0 aliphatic heterocycles. The molecule has 8 heteroatoms. The quantitative estimate of drug-likeness (QED) is 0.808. The lowest BCUT2D eigenvalue weighted by molar-refractivity contribution is -0.137. The molecule has 0 spiro atoms. The van der Waals surface area contributed by atoms with Gasteiger partial charge in [0.2, 0.25) is 0 Å². The third-order valence-corrected chi connectivity index (χ3v) is 4.06. The Balaban J connectivity index is 1.75. The predicted molar refractivity (Wildman–Crippen MR) is 81.5 cm³/mol. The molecule has 4 nitrogen and oxygen atoms in total. The van der Waals surface area contributed by atoms with Gasteiger partial charge in [0.05, 0.1) is 11.6 Å². The van der Waals surface area contributed by atoms with Gasteiger partial charge in [0.25, 0.3) is 0 Å². The number of benzene rings is 1. The molecule has 0 bridgehead atoms. The Labute approximate surface area is 135 Å². The summed E-state index contributed by atoms with van der Waals surface area (Å²) in [7, 11) is 0. The average molecular weight is 346 g/mol. The predicted octanol–water partition coefficient (Wildman–Crippen LogP) is 3.25. The van der Waals surface area contributed by atoms with E-state index in [4.69, 9.17) is 4.74 Å². The SMILES string of the molecule is CC(NCC(O)COc1ccc(C(F)(F)F)cc1)c1nccs1. The number of ether oxygens (including phenoxy) is 1. The van der Waals surface area contributed by atoms with E-state index in [9.17, 15) is 18.3 Å². The topological polar surface area (TPSA) is 54.4 Å². The van der Waals surface area contributed by atoms with Crippen molar-refractivity contribution in [2.24, 2.45) is 0 Å². The van der Waals surface area contributed by atoms with E-state index in [1.165, 1.54) is 23.5 Å². The van der Waals surface area contributed by atoms with Crippen molar-refractivity contribution in [2.45, 2.75) is 25.2 Å². The molecule has 0 saturated heterocycles. The Morgan fingerprint density at radius 3 is 2.57 bits per heavy atom. The standard InChI is InChI=1S/C15H17F3N2O2S/c1-10(14-19-6-7-23-14)20-8-12(21)9-22-13-4-2-11(3-5-13)15(16,17)18/h2-7,10,12,20-21H,8-9H2,1H3. The maximum absolute atomic E-state index is 12.4. The molecule has 126 valence electrons. The van der Waals surface area contributed by atoms with Crippen molar-refractivity contribution < 1.29 is 23.0 Å². The van der Waals surface area contributed by atoms with Crippen LogP contribution in [0.25, 0.3) is 0 Å². The minimum absolute atomic E-state index is 0.00993. The zero-order valence-corrected chi connectivity index (χ0v) is 13.2. The van der Waals surface area contributed by atoms with Gasteiger partial charge in [0.15, 0.2) is 0 Å². The van der Waals surface area contributed by atoms with Crippen molar-refractivity contribution in [3.63, 3.8) is 0 Å². The van der Waals surface area contributed by atoms with Crippen LogP contribution in [-0.2, 0) is 6.18 Å². The smallest absolute Gasteiger partial charge is 0.416 e. The fourth-order valence-corrected chi connectivity index (χ4v) is 2.51. The van der Waals surface area contributed by atoms with Gasteiger partial charge in [-0.15, -0.1) is 11.3 Å². The molecule has 0 radical (unpaired) electrons. The van der Waals surface area contributed by atoms with Crippen LogP contribution < -0.4 is 10.1 Å². The number of hydrogen-bond acceptors (Lipinski definition) is 5. The molecule has 23 heavy (non-hydrogen) atoms. The van der Waals surface area contributed by atoms with E-state index >= 15 is 0 Å². The summed E-state index contributed by atoms with van der Waals surface area (Å²) in [5, 5.41) is 15.8. The molecular formula is C15H17F3N2O2S. The highest BCUT2D eigenvalue weighted by Crippen LogP contribution is 2.30. The third-order valence-electron chi connectivity index (χ3n) is 3.11. The summed E-state index contributed by atoms with van der Waals surface area (Å²) in [6, 6.07) is 4.38. The summed E-state index contributed by atoms with van der Waals surface area (Å²) >= 11 is 1.52. The van der Waals surface area contributed by atoms with E-state index in [2.05, 4.69) is 10.3 Å². The average Bonchev–Trinajstić information content (AvgIpc) is 3.04. The first-order chi connectivity index (χ1) is 10.9. The van der Waals surface area contributed by atoms with E-state index in [1.54, 1.807) is 6.20 Å². The van der Waals surface area contributed by atoms with Crippen molar-refractivity contribution in [1.29, 1.82) is 0 Å². The fourth-order valence-electron chi connectivity index (χ4n) is 1.84. The lowest BCUT2D eigenvalue weighted by Gasteiger charge is -2.16. The molecule has 1 heterocycles. The summed E-state index contributed by atoms with van der Waals surface area (Å²) in [6.07, 6.45) is -3.43. The molecule has 0 aliphatic rings. The van der Waals surface area contributed by atoms with E-state index < -0.39 is 17.8 Å². The van der Waals surface area contributed by atoms with Crippen molar-refractivity contribution in [3.8, 4) is 5.75 Å². The molecule has 2 atom stereocenters. The van der Waals surface area contributed by atoms with Gasteiger partial charge in [0, 0.05) is 18.1 Å². The normalized spacial score (nSPS) is 14.5. The number of thiazole rings is 1. The van der Waals surface area contributed by atoms with Crippen LogP contribution >= 0.6 is 11.3 Å². The molecule has 0 amide bonds. The van der Waals surface area contributed by atoms with Gasteiger partial charge < -0.3 is 15.2 Å². The second kappa shape index (κ2) is 7.76. The molecule has 1 aromatic carbocycles. The molecule has 0 fully saturated rings. The molecule has 0 aliphatic carbocycles. The lowest BCUT2D eigenvalue weighted by Crippen LogP contribution is -2.33. The highest BCUT2D eigenvalue weighted by molar-refractivity contribution is 7.09. The first kappa shape index (κ1) is 17.7. The van der Waals surface area contributed by atoms with Gasteiger partial charge in [0.1, 0.15) is 23.5 Å².